The van der Waals surface area contributed by atoms with Gasteiger partial charge in [0, 0.05) is 0 Å². The molecule has 1 aliphatic carbocycles. The maximum Gasteiger partial charge on any atom is 0.187 e. The predicted molar refractivity (Wildman–Crippen MR) is 336 cm³/mol. The monoisotopic (exact) mass is 1180 g/mol. The first-order valence-electron chi connectivity index (χ1n) is 30.4. The van der Waals surface area contributed by atoms with Crippen LogP contribution in [0.15, 0.2) is 267 Å². The summed E-state index contributed by atoms with van der Waals surface area (Å²) in [5.74, 6) is 0.724. The van der Waals surface area contributed by atoms with Crippen LogP contribution in [0.2, 0.25) is 0 Å². The molecule has 0 amide bonds. The molecule has 0 radical (unpaired) electrons. The molecule has 1 aliphatic heterocycles. The smallest absolute Gasteiger partial charge is 0.187 e. The van der Waals surface area contributed by atoms with E-state index >= 15 is 0 Å². The van der Waals surface area contributed by atoms with Crippen LogP contribution in [0.1, 0.15) is 50.1 Å². The fraction of sp³-hybridized carbons (Fsp3) is 0.289. The van der Waals surface area contributed by atoms with E-state index in [1.807, 2.05) is 218 Å². The van der Waals surface area contributed by atoms with Crippen LogP contribution < -0.4 is 4.74 Å². The number of hydrogen-bond donors (Lipinski definition) is 0. The van der Waals surface area contributed by atoms with E-state index in [9.17, 15) is 0 Å². The van der Waals surface area contributed by atoms with Crippen LogP contribution in [0.5, 0.6) is 5.75 Å². The molecule has 0 spiro atoms. The van der Waals surface area contributed by atoms with Gasteiger partial charge in [-0.25, -0.2) is 0 Å². The molecule has 0 aromatic heterocycles. The van der Waals surface area contributed by atoms with Gasteiger partial charge in [-0.3, -0.25) is 0 Å². The van der Waals surface area contributed by atoms with Crippen molar-refractivity contribution < 1.29 is 56.8 Å². The lowest BCUT2D eigenvalue weighted by atomic mass is 9.83. The molecule has 0 unspecified atom stereocenters. The molecule has 12 heteroatoms. The largest absolute Gasteiger partial charge is 0.497 e. The minimum absolute atomic E-state index is 0.113. The quantitative estimate of drug-likeness (QED) is 0.0412. The number of ether oxygens (including phenoxy) is 12. The number of rotatable bonds is 31. The number of hydrogen-bond acceptors (Lipinski definition) is 12. The fourth-order valence-electron chi connectivity index (χ4n) is 11.2. The third kappa shape index (κ3) is 17.8. The maximum absolute atomic E-state index is 7.91. The average molecular weight is 1180 g/mol. The van der Waals surface area contributed by atoms with Crippen molar-refractivity contribution in [1.82, 2.24) is 0 Å². The summed E-state index contributed by atoms with van der Waals surface area (Å²) < 4.78 is 86.2. The molecule has 11 rings (SSSR count). The molecule has 1 saturated carbocycles. The van der Waals surface area contributed by atoms with E-state index in [0.717, 1.165) is 55.8 Å². The van der Waals surface area contributed by atoms with Gasteiger partial charge in [-0.15, -0.1) is 0 Å². The topological polar surface area (TPSA) is 111 Å². The Morgan fingerprint density at radius 1 is 0.250 bits per heavy atom. The molecule has 0 N–H and O–H groups in total. The molecule has 1 heterocycles. The lowest BCUT2D eigenvalue weighted by molar-refractivity contribution is -0.366. The molecular weight excluding hydrogens is 1100 g/mol. The Morgan fingerprint density at radius 2 is 0.489 bits per heavy atom. The second-order valence-electron chi connectivity index (χ2n) is 22.1. The SMILES string of the molecule is COc1ccc(CO[C@@H]2[C@H](OCc3ccccc3)[C@H](OCc3ccccc3)[C@@H](OCc3ccccc3)[C@H](OCc3ccccc3)[C@H]2O[C@H]2O[C@H](COCc3ccccc3)[C@@H](OCc3ccccc3)[C@H](OCc3ccccc3)[C@H]2OCc2ccccc2)cc1. The van der Waals surface area contributed by atoms with Crippen molar-refractivity contribution >= 4 is 0 Å². The van der Waals surface area contributed by atoms with E-state index in [0.29, 0.717) is 6.61 Å². The summed E-state index contributed by atoms with van der Waals surface area (Å²) in [6.45, 7) is 2.14. The fourth-order valence-corrected chi connectivity index (χ4v) is 11.2. The van der Waals surface area contributed by atoms with Gasteiger partial charge in [0.05, 0.1) is 73.2 Å². The summed E-state index contributed by atoms with van der Waals surface area (Å²) in [5, 5.41) is 0. The van der Waals surface area contributed by atoms with Crippen molar-refractivity contribution in [2.75, 3.05) is 13.7 Å². The van der Waals surface area contributed by atoms with Crippen LogP contribution in [0, 0.1) is 0 Å². The van der Waals surface area contributed by atoms with Gasteiger partial charge in [-0.1, -0.05) is 255 Å². The van der Waals surface area contributed by atoms with Gasteiger partial charge in [-0.05, 0) is 62.2 Å². The van der Waals surface area contributed by atoms with Crippen molar-refractivity contribution in [3.05, 3.63) is 317 Å². The molecule has 9 aromatic rings. The zero-order chi connectivity index (χ0) is 59.8. The molecule has 12 nitrogen and oxygen atoms in total. The Morgan fingerprint density at radius 3 is 0.784 bits per heavy atom. The van der Waals surface area contributed by atoms with E-state index in [1.165, 1.54) is 0 Å². The minimum atomic E-state index is -1.18. The minimum Gasteiger partial charge on any atom is -0.497 e. The standard InChI is InChI=1S/C76H78O12/c1-77-65-44-42-64(43-45-65)54-85-73-71(83-51-61-36-20-7-21-37-61)69(81-49-59-32-16-5-17-33-59)70(82-50-60-34-18-6-19-35-60)72(84-52-62-38-22-8-23-39-62)74(73)88-76-75(86-53-63-40-24-9-25-41-63)68(80-48-58-30-14-4-15-31-58)67(79-47-57-28-12-3-13-29-57)66(87-76)55-78-46-56-26-10-2-11-27-56/h2-45,66-76H,46-55H2,1H3/t66-,67-,68+,69-,70-,71-,72+,73-,74-,75-,76-/m1/s1. The second-order valence-corrected chi connectivity index (χ2v) is 22.1. The molecule has 88 heavy (non-hydrogen) atoms. The molecule has 9 aromatic carbocycles. The van der Waals surface area contributed by atoms with Gasteiger partial charge in [0.2, 0.25) is 0 Å². The zero-order valence-electron chi connectivity index (χ0n) is 49.7. The Labute approximate surface area is 517 Å². The molecule has 0 bridgehead atoms. The highest BCUT2D eigenvalue weighted by atomic mass is 16.7. The first-order chi connectivity index (χ1) is 43.6. The summed E-state index contributed by atoms with van der Waals surface area (Å²) in [5.41, 5.74) is 8.66. The van der Waals surface area contributed by atoms with Gasteiger partial charge in [0.15, 0.2) is 6.29 Å². The van der Waals surface area contributed by atoms with Crippen LogP contribution in [0.3, 0.4) is 0 Å². The maximum atomic E-state index is 7.91. The average Bonchev–Trinajstić information content (AvgIpc) is 1.78. The third-order valence-electron chi connectivity index (χ3n) is 15.8. The first-order valence-corrected chi connectivity index (χ1v) is 30.4. The molecule has 2 aliphatic rings. The van der Waals surface area contributed by atoms with Gasteiger partial charge in [0.25, 0.3) is 0 Å². The van der Waals surface area contributed by atoms with Gasteiger partial charge < -0.3 is 56.8 Å². The predicted octanol–water partition coefficient (Wildman–Crippen LogP) is 14.0. The summed E-state index contributed by atoms with van der Waals surface area (Å²) in [6.07, 6.45) is -9.79. The first kappa shape index (κ1) is 62.0. The Kier molecular flexibility index (Phi) is 23.3. The van der Waals surface area contributed by atoms with E-state index in [-0.39, 0.29) is 59.5 Å². The van der Waals surface area contributed by atoms with Gasteiger partial charge in [-0.2, -0.15) is 0 Å². The second kappa shape index (κ2) is 33.1. The van der Waals surface area contributed by atoms with E-state index in [4.69, 9.17) is 56.8 Å². The molecule has 454 valence electrons. The summed E-state index contributed by atoms with van der Waals surface area (Å²) in [7, 11) is 1.66. The number of benzene rings is 9. The summed E-state index contributed by atoms with van der Waals surface area (Å²) in [6, 6.07) is 88.7. The lowest BCUT2D eigenvalue weighted by Gasteiger charge is -2.52. The molecular formula is C76H78O12. The zero-order valence-corrected chi connectivity index (χ0v) is 49.7. The van der Waals surface area contributed by atoms with Gasteiger partial charge in [0.1, 0.15) is 66.8 Å². The van der Waals surface area contributed by atoms with Crippen molar-refractivity contribution in [2.24, 2.45) is 0 Å². The highest BCUT2D eigenvalue weighted by molar-refractivity contribution is 5.27. The highest BCUT2D eigenvalue weighted by Crippen LogP contribution is 2.40. The Hall–Kier alpha value is -7.66. The summed E-state index contributed by atoms with van der Waals surface area (Å²) in [4.78, 5) is 0. The van der Waals surface area contributed by atoms with Crippen molar-refractivity contribution in [2.45, 2.75) is 127 Å². The summed E-state index contributed by atoms with van der Waals surface area (Å²) >= 11 is 0. The van der Waals surface area contributed by atoms with E-state index in [2.05, 4.69) is 48.5 Å². The third-order valence-corrected chi connectivity index (χ3v) is 15.8. The van der Waals surface area contributed by atoms with Crippen molar-refractivity contribution in [3.8, 4) is 5.75 Å². The van der Waals surface area contributed by atoms with E-state index in [1.54, 1.807) is 7.11 Å². The van der Waals surface area contributed by atoms with Crippen molar-refractivity contribution in [3.63, 3.8) is 0 Å². The van der Waals surface area contributed by atoms with Crippen LogP contribution >= 0.6 is 0 Å². The highest BCUT2D eigenvalue weighted by Gasteiger charge is 2.58. The Balaban J connectivity index is 1.06. The molecule has 11 atom stereocenters. The molecule has 1 saturated heterocycles. The number of methoxy groups -OCH3 is 1. The molecule has 2 fully saturated rings. The normalized spacial score (nSPS) is 22.7. The van der Waals surface area contributed by atoms with Crippen LogP contribution in [-0.4, -0.2) is 81.0 Å². The van der Waals surface area contributed by atoms with Gasteiger partial charge >= 0.3 is 0 Å². The van der Waals surface area contributed by atoms with Crippen molar-refractivity contribution in [1.29, 1.82) is 0 Å². The van der Waals surface area contributed by atoms with Crippen LogP contribution in [-0.2, 0) is 112 Å². The van der Waals surface area contributed by atoms with Crippen LogP contribution in [0.25, 0.3) is 0 Å². The Bertz CT molecular complexity index is 3340. The lowest BCUT2D eigenvalue weighted by Crippen LogP contribution is -2.69. The van der Waals surface area contributed by atoms with Crippen LogP contribution in [0.4, 0.5) is 0 Å². The van der Waals surface area contributed by atoms with E-state index < -0.39 is 67.3 Å².